The molecule has 0 aliphatic heterocycles. The van der Waals surface area contributed by atoms with Gasteiger partial charge in [-0.15, -0.1) is 11.8 Å². The summed E-state index contributed by atoms with van der Waals surface area (Å²) in [6.45, 7) is 4.58. The Balaban J connectivity index is 2.14. The van der Waals surface area contributed by atoms with E-state index in [2.05, 4.69) is 5.32 Å². The molecule has 0 saturated carbocycles. The first-order valence-corrected chi connectivity index (χ1v) is 11.5. The Morgan fingerprint density at radius 1 is 1.00 bits per heavy atom. The van der Waals surface area contributed by atoms with Crippen LogP contribution in [0.1, 0.15) is 31.4 Å². The quantitative estimate of drug-likeness (QED) is 0.540. The highest BCUT2D eigenvalue weighted by Gasteiger charge is 2.28. The molecular formula is C22H26Cl2N2O2S. The number of nitrogens with zero attached hydrogens (tertiary/aromatic N) is 1. The van der Waals surface area contributed by atoms with Gasteiger partial charge >= 0.3 is 0 Å². The van der Waals surface area contributed by atoms with Crippen LogP contribution in [-0.4, -0.2) is 35.1 Å². The van der Waals surface area contributed by atoms with Gasteiger partial charge in [-0.25, -0.2) is 0 Å². The van der Waals surface area contributed by atoms with E-state index < -0.39 is 6.04 Å². The molecule has 0 heterocycles. The zero-order chi connectivity index (χ0) is 21.2. The van der Waals surface area contributed by atoms with Crippen LogP contribution >= 0.6 is 35.0 Å². The van der Waals surface area contributed by atoms with E-state index in [1.54, 1.807) is 11.0 Å². The summed E-state index contributed by atoms with van der Waals surface area (Å²) >= 11 is 14.0. The molecule has 7 heteroatoms. The molecule has 2 amide bonds. The molecule has 0 fully saturated rings. The van der Waals surface area contributed by atoms with Crippen molar-refractivity contribution in [3.05, 3.63) is 69.7 Å². The van der Waals surface area contributed by atoms with E-state index in [0.29, 0.717) is 35.3 Å². The second kappa shape index (κ2) is 12.1. The highest BCUT2D eigenvalue weighted by Crippen LogP contribution is 2.23. The molecule has 0 saturated heterocycles. The molecule has 0 bridgehead atoms. The molecule has 0 spiro atoms. The summed E-state index contributed by atoms with van der Waals surface area (Å²) in [4.78, 5) is 27.3. The Hall–Kier alpha value is -1.69. The number of carbonyl (C=O) groups excluding carboxylic acids is 2. The van der Waals surface area contributed by atoms with Crippen molar-refractivity contribution in [3.8, 4) is 0 Å². The van der Waals surface area contributed by atoms with Crippen molar-refractivity contribution in [2.24, 2.45) is 0 Å². The Morgan fingerprint density at radius 2 is 1.59 bits per heavy atom. The summed E-state index contributed by atoms with van der Waals surface area (Å²) in [5.41, 5.74) is 1.81. The molecule has 0 aliphatic carbocycles. The molecular weight excluding hydrogens is 427 g/mol. The molecule has 4 nitrogen and oxygen atoms in total. The van der Waals surface area contributed by atoms with Crippen LogP contribution in [0.3, 0.4) is 0 Å². The van der Waals surface area contributed by atoms with E-state index in [4.69, 9.17) is 23.2 Å². The van der Waals surface area contributed by atoms with Gasteiger partial charge in [0.05, 0.1) is 5.75 Å². The molecule has 1 atom stereocenters. The number of hydrogen-bond donors (Lipinski definition) is 1. The smallest absolute Gasteiger partial charge is 0.242 e. The van der Waals surface area contributed by atoms with E-state index in [-0.39, 0.29) is 17.6 Å². The zero-order valence-electron chi connectivity index (χ0n) is 16.7. The van der Waals surface area contributed by atoms with Crippen LogP contribution in [0.15, 0.2) is 48.5 Å². The van der Waals surface area contributed by atoms with Crippen LogP contribution in [0.25, 0.3) is 0 Å². The zero-order valence-corrected chi connectivity index (χ0v) is 19.0. The Morgan fingerprint density at radius 3 is 2.14 bits per heavy atom. The summed E-state index contributed by atoms with van der Waals surface area (Å²) < 4.78 is 0. The van der Waals surface area contributed by atoms with Crippen molar-refractivity contribution < 1.29 is 9.59 Å². The van der Waals surface area contributed by atoms with Crippen molar-refractivity contribution in [3.63, 3.8) is 0 Å². The molecule has 0 aliphatic rings. The van der Waals surface area contributed by atoms with Gasteiger partial charge in [-0.2, -0.15) is 0 Å². The minimum Gasteiger partial charge on any atom is -0.355 e. The third kappa shape index (κ3) is 6.95. The SMILES string of the molecule is CCNC(=O)[C@H](CC)N(Cc1ccccc1Cl)C(=O)CSCc1ccccc1Cl. The summed E-state index contributed by atoms with van der Waals surface area (Å²) in [6, 6.07) is 14.4. The number of rotatable bonds is 10. The van der Waals surface area contributed by atoms with Gasteiger partial charge in [-0.3, -0.25) is 9.59 Å². The van der Waals surface area contributed by atoms with E-state index in [1.165, 1.54) is 11.8 Å². The van der Waals surface area contributed by atoms with Gasteiger partial charge in [0.15, 0.2) is 0 Å². The van der Waals surface area contributed by atoms with Gasteiger partial charge in [0, 0.05) is 28.9 Å². The first kappa shape index (κ1) is 23.6. The Kier molecular flexibility index (Phi) is 9.85. The molecule has 29 heavy (non-hydrogen) atoms. The average Bonchev–Trinajstić information content (AvgIpc) is 2.70. The van der Waals surface area contributed by atoms with Gasteiger partial charge in [0.1, 0.15) is 6.04 Å². The van der Waals surface area contributed by atoms with Crippen molar-refractivity contribution in [2.45, 2.75) is 38.6 Å². The van der Waals surface area contributed by atoms with E-state index in [1.807, 2.05) is 56.3 Å². The van der Waals surface area contributed by atoms with Gasteiger partial charge in [0.2, 0.25) is 11.8 Å². The Bertz CT molecular complexity index is 832. The fraction of sp³-hybridized carbons (Fsp3) is 0.364. The molecule has 2 aromatic rings. The van der Waals surface area contributed by atoms with Crippen LogP contribution in [0, 0.1) is 0 Å². The van der Waals surface area contributed by atoms with Gasteiger partial charge < -0.3 is 10.2 Å². The summed E-state index contributed by atoms with van der Waals surface area (Å²) in [5, 5.41) is 4.10. The second-order valence-electron chi connectivity index (χ2n) is 6.52. The maximum absolute atomic E-state index is 13.1. The first-order chi connectivity index (χ1) is 14.0. The van der Waals surface area contributed by atoms with E-state index in [0.717, 1.165) is 11.1 Å². The number of nitrogens with one attached hydrogen (secondary N) is 1. The number of hydrogen-bond acceptors (Lipinski definition) is 3. The van der Waals surface area contributed by atoms with E-state index >= 15 is 0 Å². The molecule has 0 radical (unpaired) electrons. The number of thioether (sulfide) groups is 1. The van der Waals surface area contributed by atoms with Crippen LogP contribution in [0.5, 0.6) is 0 Å². The van der Waals surface area contributed by atoms with Crippen LogP contribution in [-0.2, 0) is 21.9 Å². The lowest BCUT2D eigenvalue weighted by Crippen LogP contribution is -2.49. The minimum atomic E-state index is -0.542. The molecule has 0 aromatic heterocycles. The Labute approximate surface area is 187 Å². The molecule has 1 N–H and O–H groups in total. The van der Waals surface area contributed by atoms with Crippen LogP contribution in [0.4, 0.5) is 0 Å². The molecule has 2 rings (SSSR count). The highest BCUT2D eigenvalue weighted by molar-refractivity contribution is 7.99. The predicted octanol–water partition coefficient (Wildman–Crippen LogP) is 5.17. The maximum atomic E-state index is 13.1. The maximum Gasteiger partial charge on any atom is 0.242 e. The monoisotopic (exact) mass is 452 g/mol. The lowest BCUT2D eigenvalue weighted by molar-refractivity contribution is -0.139. The van der Waals surface area contributed by atoms with Crippen molar-refractivity contribution in [1.29, 1.82) is 0 Å². The standard InChI is InChI=1S/C22H26Cl2N2O2S/c1-3-20(22(28)25-4-2)26(13-16-9-5-7-11-18(16)23)21(27)15-29-14-17-10-6-8-12-19(17)24/h5-12,20H,3-4,13-15H2,1-2H3,(H,25,28)/t20-/m0/s1. The topological polar surface area (TPSA) is 49.4 Å². The van der Waals surface area contributed by atoms with Gasteiger partial charge in [0.25, 0.3) is 0 Å². The number of likely N-dealkylation sites (N-methyl/N-ethyl adjacent to an activating group) is 1. The second-order valence-corrected chi connectivity index (χ2v) is 8.32. The van der Waals surface area contributed by atoms with Crippen LogP contribution < -0.4 is 5.32 Å². The molecule has 0 unspecified atom stereocenters. The number of halogens is 2. The van der Waals surface area contributed by atoms with Crippen molar-refractivity contribution >= 4 is 46.8 Å². The third-order valence-corrected chi connectivity index (χ3v) is 6.18. The minimum absolute atomic E-state index is 0.0972. The first-order valence-electron chi connectivity index (χ1n) is 9.59. The van der Waals surface area contributed by atoms with Gasteiger partial charge in [-0.05, 0) is 36.6 Å². The number of amides is 2. The highest BCUT2D eigenvalue weighted by atomic mass is 35.5. The van der Waals surface area contributed by atoms with Crippen LogP contribution in [0.2, 0.25) is 10.0 Å². The summed E-state index contributed by atoms with van der Waals surface area (Å²) in [5.74, 6) is 0.640. The predicted molar refractivity (Wildman–Crippen MR) is 122 cm³/mol. The molecule has 2 aromatic carbocycles. The van der Waals surface area contributed by atoms with Crippen molar-refractivity contribution in [1.82, 2.24) is 10.2 Å². The lowest BCUT2D eigenvalue weighted by Gasteiger charge is -2.30. The third-order valence-electron chi connectivity index (χ3n) is 4.48. The van der Waals surface area contributed by atoms with Crippen molar-refractivity contribution in [2.75, 3.05) is 12.3 Å². The van der Waals surface area contributed by atoms with E-state index in [9.17, 15) is 9.59 Å². The average molecular weight is 453 g/mol. The fourth-order valence-corrected chi connectivity index (χ4v) is 4.36. The fourth-order valence-electron chi connectivity index (χ4n) is 2.97. The summed E-state index contributed by atoms with van der Waals surface area (Å²) in [7, 11) is 0. The number of benzene rings is 2. The normalized spacial score (nSPS) is 11.7. The largest absolute Gasteiger partial charge is 0.355 e. The van der Waals surface area contributed by atoms with Gasteiger partial charge in [-0.1, -0.05) is 66.5 Å². The lowest BCUT2D eigenvalue weighted by atomic mass is 10.1. The molecule has 156 valence electrons. The number of carbonyl (C=O) groups is 2. The summed E-state index contributed by atoms with van der Waals surface area (Å²) in [6.07, 6.45) is 0.525.